The van der Waals surface area contributed by atoms with Crippen LogP contribution in [-0.4, -0.2) is 72.7 Å². The number of thioether (sulfide) groups is 1. The van der Waals surface area contributed by atoms with Crippen LogP contribution in [0.2, 0.25) is 0 Å². The van der Waals surface area contributed by atoms with Gasteiger partial charge >= 0.3 is 6.03 Å². The predicted molar refractivity (Wildman–Crippen MR) is 103 cm³/mol. The molecule has 1 aromatic carbocycles. The summed E-state index contributed by atoms with van der Waals surface area (Å²) in [6, 6.07) is 10.5. The Balaban J connectivity index is 1.27. The molecule has 5 nitrogen and oxygen atoms in total. The number of urea groups is 1. The highest BCUT2D eigenvalue weighted by atomic mass is 32.2. The molecule has 6 heteroatoms. The summed E-state index contributed by atoms with van der Waals surface area (Å²) in [7, 11) is 0. The fourth-order valence-corrected chi connectivity index (χ4v) is 4.39. The maximum absolute atomic E-state index is 12.3. The second kappa shape index (κ2) is 9.92. The average molecular weight is 364 g/mol. The minimum atomic E-state index is 0.0763. The summed E-state index contributed by atoms with van der Waals surface area (Å²) in [6.07, 6.45) is 3.03. The largest absolute Gasteiger partial charge is 0.494 e. The molecule has 0 radical (unpaired) electrons. The van der Waals surface area contributed by atoms with Gasteiger partial charge in [-0.3, -0.25) is 4.90 Å². The summed E-state index contributed by atoms with van der Waals surface area (Å²) >= 11 is 2.05. The summed E-state index contributed by atoms with van der Waals surface area (Å²) in [5, 5.41) is 3.02. The van der Waals surface area contributed by atoms with Crippen molar-refractivity contribution >= 4 is 17.8 Å². The molecule has 2 saturated heterocycles. The summed E-state index contributed by atoms with van der Waals surface area (Å²) < 4.78 is 5.64. The van der Waals surface area contributed by atoms with Gasteiger partial charge in [0.2, 0.25) is 0 Å². The maximum Gasteiger partial charge on any atom is 0.317 e. The molecule has 25 heavy (non-hydrogen) atoms. The third kappa shape index (κ3) is 5.82. The lowest BCUT2D eigenvalue weighted by Gasteiger charge is -2.40. The second-order valence-electron chi connectivity index (χ2n) is 6.61. The van der Waals surface area contributed by atoms with E-state index < -0.39 is 0 Å². The molecular formula is C19H29N3O2S. The Hall–Kier alpha value is -1.40. The number of ether oxygens (including phenoxy) is 1. The predicted octanol–water partition coefficient (Wildman–Crippen LogP) is 2.68. The molecule has 0 unspecified atom stereocenters. The van der Waals surface area contributed by atoms with Crippen LogP contribution in [-0.2, 0) is 0 Å². The van der Waals surface area contributed by atoms with Gasteiger partial charge in [0.25, 0.3) is 0 Å². The highest BCUT2D eigenvalue weighted by molar-refractivity contribution is 7.99. The highest BCUT2D eigenvalue weighted by Gasteiger charge is 2.27. The number of hydrogen-bond donors (Lipinski definition) is 1. The van der Waals surface area contributed by atoms with E-state index in [4.69, 9.17) is 4.74 Å². The molecule has 0 bridgehead atoms. The number of para-hydroxylation sites is 1. The van der Waals surface area contributed by atoms with Gasteiger partial charge in [0.15, 0.2) is 0 Å². The minimum Gasteiger partial charge on any atom is -0.494 e. The molecule has 0 aliphatic carbocycles. The Kier molecular flexibility index (Phi) is 7.30. The number of nitrogens with one attached hydrogen (secondary N) is 1. The molecule has 138 valence electrons. The van der Waals surface area contributed by atoms with Crippen molar-refractivity contribution in [3.8, 4) is 5.75 Å². The molecule has 2 aliphatic rings. The minimum absolute atomic E-state index is 0.0763. The molecule has 0 spiro atoms. The Morgan fingerprint density at radius 1 is 1.12 bits per heavy atom. The quantitative estimate of drug-likeness (QED) is 0.790. The first kappa shape index (κ1) is 18.4. The normalized spacial score (nSPS) is 19.6. The molecule has 0 atom stereocenters. The fourth-order valence-electron chi connectivity index (χ4n) is 3.46. The number of nitrogens with zero attached hydrogens (tertiary/aromatic N) is 2. The van der Waals surface area contributed by atoms with E-state index in [-0.39, 0.29) is 6.03 Å². The van der Waals surface area contributed by atoms with Crippen molar-refractivity contribution in [2.45, 2.75) is 25.3 Å². The van der Waals surface area contributed by atoms with Gasteiger partial charge in [-0.25, -0.2) is 4.79 Å². The van der Waals surface area contributed by atoms with Crippen molar-refractivity contribution in [3.63, 3.8) is 0 Å². The number of amides is 2. The van der Waals surface area contributed by atoms with E-state index in [1.54, 1.807) is 0 Å². The molecule has 0 aromatic heterocycles. The lowest BCUT2D eigenvalue weighted by Crippen LogP contribution is -2.51. The molecule has 2 fully saturated rings. The van der Waals surface area contributed by atoms with Crippen LogP contribution < -0.4 is 10.1 Å². The third-order valence-corrected chi connectivity index (χ3v) is 5.87. The highest BCUT2D eigenvalue weighted by Crippen LogP contribution is 2.20. The molecule has 1 N–H and O–H groups in total. The summed E-state index contributed by atoms with van der Waals surface area (Å²) in [5.74, 6) is 3.39. The van der Waals surface area contributed by atoms with E-state index >= 15 is 0 Å². The smallest absolute Gasteiger partial charge is 0.317 e. The number of likely N-dealkylation sites (tertiary alicyclic amines) is 1. The lowest BCUT2D eigenvalue weighted by atomic mass is 10.0. The first-order chi connectivity index (χ1) is 12.3. The topological polar surface area (TPSA) is 44.8 Å². The first-order valence-electron chi connectivity index (χ1n) is 9.35. The molecule has 3 rings (SSSR count). The van der Waals surface area contributed by atoms with E-state index in [1.165, 1.54) is 24.6 Å². The van der Waals surface area contributed by atoms with Crippen LogP contribution in [0.4, 0.5) is 4.79 Å². The SMILES string of the molecule is O=C(NCCCOc1ccccc1)N1CCC(N2CCSCC2)CC1. The van der Waals surface area contributed by atoms with Crippen molar-refractivity contribution in [1.29, 1.82) is 0 Å². The van der Waals surface area contributed by atoms with E-state index in [1.807, 2.05) is 35.2 Å². The van der Waals surface area contributed by atoms with Crippen LogP contribution in [0.1, 0.15) is 19.3 Å². The van der Waals surface area contributed by atoms with Crippen molar-refractivity contribution < 1.29 is 9.53 Å². The third-order valence-electron chi connectivity index (χ3n) is 4.92. The monoisotopic (exact) mass is 363 g/mol. The van der Waals surface area contributed by atoms with Crippen LogP contribution >= 0.6 is 11.8 Å². The lowest BCUT2D eigenvalue weighted by molar-refractivity contribution is 0.124. The van der Waals surface area contributed by atoms with Gasteiger partial charge in [0.05, 0.1) is 6.61 Å². The van der Waals surface area contributed by atoms with E-state index in [0.717, 1.165) is 38.1 Å². The Labute approximate surface area is 155 Å². The van der Waals surface area contributed by atoms with Gasteiger partial charge in [0.1, 0.15) is 5.75 Å². The van der Waals surface area contributed by atoms with Gasteiger partial charge < -0.3 is 15.0 Å². The molecule has 2 heterocycles. The zero-order valence-electron chi connectivity index (χ0n) is 14.9. The first-order valence-corrected chi connectivity index (χ1v) is 10.5. The van der Waals surface area contributed by atoms with E-state index in [0.29, 0.717) is 19.2 Å². The number of hydrogen-bond acceptors (Lipinski definition) is 4. The number of carbonyl (C=O) groups excluding carboxylic acids is 1. The molecule has 1 aromatic rings. The standard InChI is InChI=1S/C19H29N3O2S/c23-19(20-9-4-14-24-18-5-2-1-3-6-18)22-10-7-17(8-11-22)21-12-15-25-16-13-21/h1-3,5-6,17H,4,7-16H2,(H,20,23). The number of benzene rings is 1. The van der Waals surface area contributed by atoms with Crippen LogP contribution in [0, 0.1) is 0 Å². The van der Waals surface area contributed by atoms with Crippen LogP contribution in [0.5, 0.6) is 5.75 Å². The van der Waals surface area contributed by atoms with E-state index in [2.05, 4.69) is 22.0 Å². The van der Waals surface area contributed by atoms with Gasteiger partial charge in [-0.15, -0.1) is 0 Å². The maximum atomic E-state index is 12.3. The van der Waals surface area contributed by atoms with Crippen molar-refractivity contribution in [1.82, 2.24) is 15.1 Å². The Morgan fingerprint density at radius 2 is 1.84 bits per heavy atom. The summed E-state index contributed by atoms with van der Waals surface area (Å²) in [6.45, 7) is 5.46. The van der Waals surface area contributed by atoms with Gasteiger partial charge in [-0.2, -0.15) is 11.8 Å². The molecule has 2 aliphatic heterocycles. The van der Waals surface area contributed by atoms with Crippen molar-refractivity contribution in [2.75, 3.05) is 50.8 Å². The zero-order valence-corrected chi connectivity index (χ0v) is 15.7. The van der Waals surface area contributed by atoms with Crippen molar-refractivity contribution in [3.05, 3.63) is 30.3 Å². The zero-order chi connectivity index (χ0) is 17.3. The molecule has 2 amide bonds. The second-order valence-corrected chi connectivity index (χ2v) is 7.84. The molecule has 0 saturated carbocycles. The van der Waals surface area contributed by atoms with E-state index in [9.17, 15) is 4.79 Å². The van der Waals surface area contributed by atoms with Gasteiger partial charge in [0, 0.05) is 50.3 Å². The average Bonchev–Trinajstić information content (AvgIpc) is 2.69. The molecular weight excluding hydrogens is 334 g/mol. The van der Waals surface area contributed by atoms with Gasteiger partial charge in [-0.05, 0) is 31.4 Å². The van der Waals surface area contributed by atoms with Gasteiger partial charge in [-0.1, -0.05) is 18.2 Å². The van der Waals surface area contributed by atoms with Crippen LogP contribution in [0.3, 0.4) is 0 Å². The number of piperidine rings is 1. The summed E-state index contributed by atoms with van der Waals surface area (Å²) in [4.78, 5) is 16.9. The fraction of sp³-hybridized carbons (Fsp3) is 0.632. The number of rotatable bonds is 6. The van der Waals surface area contributed by atoms with Crippen LogP contribution in [0.15, 0.2) is 30.3 Å². The Morgan fingerprint density at radius 3 is 2.56 bits per heavy atom. The van der Waals surface area contributed by atoms with Crippen molar-refractivity contribution in [2.24, 2.45) is 0 Å². The summed E-state index contributed by atoms with van der Waals surface area (Å²) in [5.41, 5.74) is 0. The Bertz CT molecular complexity index is 515. The van der Waals surface area contributed by atoms with Crippen LogP contribution in [0.25, 0.3) is 0 Å². The number of carbonyl (C=O) groups is 1.